The summed E-state index contributed by atoms with van der Waals surface area (Å²) in [6, 6.07) is 4.99. The maximum atomic E-state index is 13.8. The van der Waals surface area contributed by atoms with Crippen molar-refractivity contribution in [3.63, 3.8) is 0 Å². The van der Waals surface area contributed by atoms with E-state index in [-0.39, 0.29) is 22.9 Å². The van der Waals surface area contributed by atoms with Crippen LogP contribution in [0, 0.1) is 23.0 Å². The second-order valence-corrected chi connectivity index (χ2v) is 4.15. The number of nitrogens with two attached hydrogens (primary N) is 1. The minimum absolute atomic E-state index is 0.00931. The third-order valence-electron chi connectivity index (χ3n) is 2.71. The number of nitrogen functional groups attached to an aromatic ring is 1. The number of anilines is 2. The minimum Gasteiger partial charge on any atom is -0.382 e. The van der Waals surface area contributed by atoms with Crippen LogP contribution in [0.4, 0.5) is 20.4 Å². The Kier molecular flexibility index (Phi) is 3.84. The van der Waals surface area contributed by atoms with Gasteiger partial charge >= 0.3 is 0 Å². The Bertz CT molecular complexity index is 672. The third kappa shape index (κ3) is 2.40. The molecule has 0 amide bonds. The van der Waals surface area contributed by atoms with E-state index in [2.05, 4.69) is 10.4 Å². The molecule has 20 heavy (non-hydrogen) atoms. The van der Waals surface area contributed by atoms with E-state index >= 15 is 0 Å². The van der Waals surface area contributed by atoms with E-state index < -0.39 is 11.6 Å². The Hall–Kier alpha value is -2.62. The van der Waals surface area contributed by atoms with Crippen molar-refractivity contribution in [2.75, 3.05) is 17.6 Å². The van der Waals surface area contributed by atoms with Crippen LogP contribution < -0.4 is 11.1 Å². The lowest BCUT2D eigenvalue weighted by Crippen LogP contribution is -2.05. The highest BCUT2D eigenvalue weighted by molar-refractivity contribution is 5.66. The Labute approximate surface area is 114 Å². The number of hydrogen-bond acceptors (Lipinski definition) is 4. The van der Waals surface area contributed by atoms with Crippen molar-refractivity contribution in [2.45, 2.75) is 13.3 Å². The second kappa shape index (κ2) is 5.57. The number of nitrogens with zero attached hydrogens (tertiary/aromatic N) is 3. The Morgan fingerprint density at radius 3 is 2.80 bits per heavy atom. The summed E-state index contributed by atoms with van der Waals surface area (Å²) >= 11 is 0. The zero-order valence-electron chi connectivity index (χ0n) is 10.8. The molecule has 7 heteroatoms. The van der Waals surface area contributed by atoms with Gasteiger partial charge in [-0.3, -0.25) is 0 Å². The number of hydrogen-bond donors (Lipinski definition) is 2. The zero-order chi connectivity index (χ0) is 14.7. The van der Waals surface area contributed by atoms with Crippen molar-refractivity contribution >= 4 is 11.6 Å². The molecule has 2 rings (SSSR count). The van der Waals surface area contributed by atoms with Gasteiger partial charge in [0.25, 0.3) is 0 Å². The molecular formula is C13H13F2N5. The molecule has 1 aromatic carbocycles. The third-order valence-corrected chi connectivity index (χ3v) is 2.71. The maximum Gasteiger partial charge on any atom is 0.168 e. The summed E-state index contributed by atoms with van der Waals surface area (Å²) in [6.07, 6.45) is 0.836. The van der Waals surface area contributed by atoms with E-state index in [1.54, 1.807) is 0 Å². The predicted molar refractivity (Wildman–Crippen MR) is 71.4 cm³/mol. The molecule has 0 aliphatic heterocycles. The first-order valence-corrected chi connectivity index (χ1v) is 6.06. The molecule has 104 valence electrons. The minimum atomic E-state index is -0.800. The average Bonchev–Trinajstić information content (AvgIpc) is 2.72. The fourth-order valence-corrected chi connectivity index (χ4v) is 1.75. The highest BCUT2D eigenvalue weighted by atomic mass is 19.1. The fraction of sp³-hybridized carbons (Fsp3) is 0.231. The molecule has 0 unspecified atom stereocenters. The number of rotatable bonds is 4. The Balaban J connectivity index is 2.52. The van der Waals surface area contributed by atoms with Gasteiger partial charge in [-0.15, -0.1) is 5.10 Å². The number of nitriles is 1. The molecule has 1 heterocycles. The monoisotopic (exact) mass is 277 g/mol. The Morgan fingerprint density at radius 1 is 1.45 bits per heavy atom. The van der Waals surface area contributed by atoms with Crippen LogP contribution in [0.3, 0.4) is 0 Å². The molecule has 0 atom stereocenters. The second-order valence-electron chi connectivity index (χ2n) is 4.15. The summed E-state index contributed by atoms with van der Waals surface area (Å²) in [7, 11) is 0. The van der Waals surface area contributed by atoms with E-state index in [0.29, 0.717) is 6.54 Å². The summed E-state index contributed by atoms with van der Waals surface area (Å²) in [4.78, 5) is 0. The molecule has 0 spiro atoms. The van der Waals surface area contributed by atoms with E-state index in [1.165, 1.54) is 6.07 Å². The average molecular weight is 277 g/mol. The predicted octanol–water partition coefficient (Wildman–Crippen LogP) is 2.43. The fourth-order valence-electron chi connectivity index (χ4n) is 1.75. The van der Waals surface area contributed by atoms with Crippen molar-refractivity contribution < 1.29 is 8.78 Å². The van der Waals surface area contributed by atoms with Gasteiger partial charge in [0.2, 0.25) is 0 Å². The topological polar surface area (TPSA) is 79.7 Å². The quantitative estimate of drug-likeness (QED) is 0.899. The number of aromatic nitrogens is 2. The highest BCUT2D eigenvalue weighted by Crippen LogP contribution is 2.25. The maximum absolute atomic E-state index is 13.8. The first-order valence-electron chi connectivity index (χ1n) is 6.06. The van der Waals surface area contributed by atoms with E-state index in [1.807, 2.05) is 13.0 Å². The van der Waals surface area contributed by atoms with Gasteiger partial charge in [0.1, 0.15) is 29.0 Å². The number of nitrogens with one attached hydrogen (secondary N) is 1. The molecule has 0 aliphatic rings. The van der Waals surface area contributed by atoms with Crippen molar-refractivity contribution in [3.05, 3.63) is 35.4 Å². The van der Waals surface area contributed by atoms with Crippen LogP contribution in [0.25, 0.3) is 5.69 Å². The Morgan fingerprint density at radius 2 is 2.20 bits per heavy atom. The first-order chi connectivity index (χ1) is 9.58. The molecule has 5 nitrogen and oxygen atoms in total. The number of benzene rings is 1. The van der Waals surface area contributed by atoms with Gasteiger partial charge < -0.3 is 11.1 Å². The van der Waals surface area contributed by atoms with Crippen molar-refractivity contribution in [2.24, 2.45) is 0 Å². The molecule has 3 N–H and O–H groups in total. The van der Waals surface area contributed by atoms with Crippen LogP contribution in [0.15, 0.2) is 18.2 Å². The molecule has 0 aliphatic carbocycles. The summed E-state index contributed by atoms with van der Waals surface area (Å²) in [5.74, 6) is -1.19. The molecule has 0 radical (unpaired) electrons. The van der Waals surface area contributed by atoms with Crippen LogP contribution in [0.2, 0.25) is 0 Å². The lowest BCUT2D eigenvalue weighted by molar-refractivity contribution is 0.574. The normalized spacial score (nSPS) is 10.3. The van der Waals surface area contributed by atoms with E-state index in [9.17, 15) is 8.78 Å². The molecule has 0 bridgehead atoms. The van der Waals surface area contributed by atoms with E-state index in [0.717, 1.165) is 23.2 Å². The summed E-state index contributed by atoms with van der Waals surface area (Å²) in [5, 5.41) is 16.1. The van der Waals surface area contributed by atoms with Crippen molar-refractivity contribution in [3.8, 4) is 11.8 Å². The standard InChI is InChI=1S/C13H13F2N5/c1-2-5-18-13-9(7-16)12(17)20(19-13)11-4-3-8(14)6-10(11)15/h3-4,6H,2,5,17H2,1H3,(H,18,19). The van der Waals surface area contributed by atoms with Crippen LogP contribution in [-0.4, -0.2) is 16.3 Å². The van der Waals surface area contributed by atoms with Gasteiger partial charge in [-0.25, -0.2) is 13.5 Å². The molecular weight excluding hydrogens is 264 g/mol. The van der Waals surface area contributed by atoms with Gasteiger partial charge in [-0.1, -0.05) is 6.92 Å². The van der Waals surface area contributed by atoms with Gasteiger partial charge in [0, 0.05) is 12.6 Å². The lowest BCUT2D eigenvalue weighted by atomic mass is 10.3. The van der Waals surface area contributed by atoms with Crippen LogP contribution in [-0.2, 0) is 0 Å². The smallest absolute Gasteiger partial charge is 0.168 e. The largest absolute Gasteiger partial charge is 0.382 e. The highest BCUT2D eigenvalue weighted by Gasteiger charge is 2.18. The summed E-state index contributed by atoms with van der Waals surface area (Å²) in [6.45, 7) is 2.57. The van der Waals surface area contributed by atoms with Gasteiger partial charge in [0.05, 0.1) is 0 Å². The van der Waals surface area contributed by atoms with Crippen LogP contribution in [0.5, 0.6) is 0 Å². The van der Waals surface area contributed by atoms with Gasteiger partial charge in [-0.2, -0.15) is 5.26 Å². The molecule has 0 saturated carbocycles. The SMILES string of the molecule is CCCNc1nn(-c2ccc(F)cc2F)c(N)c1C#N. The first kappa shape index (κ1) is 13.8. The van der Waals surface area contributed by atoms with Gasteiger partial charge in [-0.05, 0) is 18.6 Å². The molecule has 0 saturated heterocycles. The molecule has 2 aromatic rings. The zero-order valence-corrected chi connectivity index (χ0v) is 10.8. The number of halogens is 2. The van der Waals surface area contributed by atoms with E-state index in [4.69, 9.17) is 11.0 Å². The van der Waals surface area contributed by atoms with Crippen LogP contribution >= 0.6 is 0 Å². The summed E-state index contributed by atoms with van der Waals surface area (Å²) in [5.41, 5.74) is 5.93. The van der Waals surface area contributed by atoms with Crippen molar-refractivity contribution in [1.29, 1.82) is 5.26 Å². The lowest BCUT2D eigenvalue weighted by Gasteiger charge is -2.05. The van der Waals surface area contributed by atoms with Gasteiger partial charge in [0.15, 0.2) is 11.6 Å². The van der Waals surface area contributed by atoms with Crippen LogP contribution in [0.1, 0.15) is 18.9 Å². The molecule has 0 fully saturated rings. The molecule has 1 aromatic heterocycles. The summed E-state index contributed by atoms with van der Waals surface area (Å²) < 4.78 is 27.8. The van der Waals surface area contributed by atoms with Crippen molar-refractivity contribution in [1.82, 2.24) is 9.78 Å².